The Kier molecular flexibility index (Phi) is 2.19. The fourth-order valence-corrected chi connectivity index (χ4v) is 0.683. The van der Waals surface area contributed by atoms with Crippen LogP contribution in [0.2, 0.25) is 6.82 Å². The first-order valence-corrected chi connectivity index (χ1v) is 3.11. The van der Waals surface area contributed by atoms with Gasteiger partial charge < -0.3 is 4.65 Å². The molecule has 0 bridgehead atoms. The van der Waals surface area contributed by atoms with Gasteiger partial charge in [0.25, 0.3) is 0 Å². The van der Waals surface area contributed by atoms with Crippen molar-refractivity contribution in [2.45, 2.75) is 6.82 Å². The molecule has 0 aliphatic rings. The zero-order valence-electron chi connectivity index (χ0n) is 5.50. The molecule has 0 N–H and O–H groups in total. The zero-order chi connectivity index (χ0) is 6.53. The van der Waals surface area contributed by atoms with Gasteiger partial charge in [-0.15, -0.1) is 0 Å². The first kappa shape index (κ1) is 6.21. The predicted octanol–water partition coefficient (Wildman–Crippen LogP) is 1.46. The van der Waals surface area contributed by atoms with Crippen molar-refractivity contribution >= 4 is 7.48 Å². The summed E-state index contributed by atoms with van der Waals surface area (Å²) < 4.78 is 5.21. The number of hydrogen-bond donors (Lipinski definition) is 0. The molecule has 0 amide bonds. The molecule has 0 spiro atoms. The van der Waals surface area contributed by atoms with E-state index >= 15 is 0 Å². The summed E-state index contributed by atoms with van der Waals surface area (Å²) in [7, 11) is 0.740. The molecule has 9 heavy (non-hydrogen) atoms. The quantitative estimate of drug-likeness (QED) is 0.537. The lowest BCUT2D eigenvalue weighted by molar-refractivity contribution is 0.600. The van der Waals surface area contributed by atoms with Crippen LogP contribution >= 0.6 is 0 Å². The van der Waals surface area contributed by atoms with Gasteiger partial charge in [0.1, 0.15) is 0 Å². The number of para-hydroxylation sites is 1. The normalized spacial score (nSPS) is 8.56. The Morgan fingerprint density at radius 2 is 1.89 bits per heavy atom. The van der Waals surface area contributed by atoms with E-state index in [-0.39, 0.29) is 0 Å². The minimum Gasteiger partial charge on any atom is -0.565 e. The number of rotatable bonds is 2. The van der Waals surface area contributed by atoms with Crippen LogP contribution in [0, 0.1) is 0 Å². The summed E-state index contributed by atoms with van der Waals surface area (Å²) in [6.45, 7) is 1.98. The SMILES string of the molecule is CBOc1ccccc1. The minimum atomic E-state index is 0.740. The monoisotopic (exact) mass is 120 g/mol. The van der Waals surface area contributed by atoms with Crippen molar-refractivity contribution in [1.82, 2.24) is 0 Å². The van der Waals surface area contributed by atoms with Crippen molar-refractivity contribution in [2.24, 2.45) is 0 Å². The summed E-state index contributed by atoms with van der Waals surface area (Å²) in [4.78, 5) is 0. The molecule has 0 heterocycles. The Morgan fingerprint density at radius 3 is 2.44 bits per heavy atom. The fraction of sp³-hybridized carbons (Fsp3) is 0.143. The standard InChI is InChI=1S/C7H9BO/c1-8-9-7-5-3-2-4-6-7/h2-6,8H,1H3. The van der Waals surface area contributed by atoms with Gasteiger partial charge in [-0.3, -0.25) is 0 Å². The van der Waals surface area contributed by atoms with Gasteiger partial charge in [-0.05, 0) is 12.1 Å². The van der Waals surface area contributed by atoms with Gasteiger partial charge in [-0.2, -0.15) is 0 Å². The second kappa shape index (κ2) is 3.18. The van der Waals surface area contributed by atoms with E-state index in [1.165, 1.54) is 0 Å². The molecule has 0 saturated carbocycles. The summed E-state index contributed by atoms with van der Waals surface area (Å²) >= 11 is 0. The highest BCUT2D eigenvalue weighted by atomic mass is 16.4. The summed E-state index contributed by atoms with van der Waals surface area (Å²) in [6.07, 6.45) is 0. The lowest BCUT2D eigenvalue weighted by Crippen LogP contribution is -1.94. The van der Waals surface area contributed by atoms with Gasteiger partial charge in [0.05, 0.1) is 5.75 Å². The van der Waals surface area contributed by atoms with Crippen molar-refractivity contribution in [3.63, 3.8) is 0 Å². The highest BCUT2D eigenvalue weighted by Crippen LogP contribution is 2.06. The van der Waals surface area contributed by atoms with Crippen LogP contribution in [0.3, 0.4) is 0 Å². The van der Waals surface area contributed by atoms with Crippen LogP contribution in [0.15, 0.2) is 30.3 Å². The van der Waals surface area contributed by atoms with Crippen molar-refractivity contribution in [1.29, 1.82) is 0 Å². The minimum absolute atomic E-state index is 0.740. The largest absolute Gasteiger partial charge is 0.565 e. The van der Waals surface area contributed by atoms with Gasteiger partial charge in [0.15, 0.2) is 0 Å². The molecule has 0 aliphatic heterocycles. The number of benzene rings is 1. The Morgan fingerprint density at radius 1 is 1.22 bits per heavy atom. The first-order chi connectivity index (χ1) is 4.43. The van der Waals surface area contributed by atoms with E-state index in [2.05, 4.69) is 0 Å². The van der Waals surface area contributed by atoms with E-state index in [0.717, 1.165) is 13.2 Å². The van der Waals surface area contributed by atoms with E-state index in [9.17, 15) is 0 Å². The molecule has 0 atom stereocenters. The molecule has 2 heteroatoms. The summed E-state index contributed by atoms with van der Waals surface area (Å²) in [6, 6.07) is 9.80. The number of hydrogen-bond acceptors (Lipinski definition) is 1. The third-order valence-electron chi connectivity index (χ3n) is 1.05. The Bertz CT molecular complexity index is 162. The van der Waals surface area contributed by atoms with Gasteiger partial charge in [0.2, 0.25) is 0 Å². The molecule has 1 aromatic rings. The van der Waals surface area contributed by atoms with Gasteiger partial charge in [-0.1, -0.05) is 25.0 Å². The summed E-state index contributed by atoms with van der Waals surface area (Å²) in [5, 5.41) is 0. The lowest BCUT2D eigenvalue weighted by atomic mass is 10.1. The summed E-state index contributed by atoms with van der Waals surface area (Å²) in [5.41, 5.74) is 0. The molecule has 0 aromatic heterocycles. The maximum atomic E-state index is 5.21. The highest BCUT2D eigenvalue weighted by Gasteiger charge is 1.85. The topological polar surface area (TPSA) is 9.23 Å². The van der Waals surface area contributed by atoms with Crippen LogP contribution in [-0.4, -0.2) is 7.48 Å². The van der Waals surface area contributed by atoms with Crippen molar-refractivity contribution in [3.8, 4) is 5.75 Å². The molecule has 0 radical (unpaired) electrons. The van der Waals surface area contributed by atoms with E-state index in [4.69, 9.17) is 4.65 Å². The molecule has 0 fully saturated rings. The highest BCUT2D eigenvalue weighted by molar-refractivity contribution is 6.26. The van der Waals surface area contributed by atoms with E-state index in [1.807, 2.05) is 37.2 Å². The van der Waals surface area contributed by atoms with E-state index < -0.39 is 0 Å². The summed E-state index contributed by atoms with van der Waals surface area (Å²) in [5.74, 6) is 0.944. The average molecular weight is 120 g/mol. The maximum absolute atomic E-state index is 5.21. The second-order valence-electron chi connectivity index (χ2n) is 1.75. The molecule has 1 nitrogen and oxygen atoms in total. The lowest BCUT2D eigenvalue weighted by Gasteiger charge is -1.99. The van der Waals surface area contributed by atoms with Gasteiger partial charge >= 0.3 is 7.48 Å². The molecular formula is C7H9BO. The van der Waals surface area contributed by atoms with Gasteiger partial charge in [-0.25, -0.2) is 0 Å². The van der Waals surface area contributed by atoms with Crippen LogP contribution in [0.5, 0.6) is 5.75 Å². The average Bonchev–Trinajstić information content (AvgIpc) is 1.91. The smallest absolute Gasteiger partial charge is 0.336 e. The van der Waals surface area contributed by atoms with Crippen LogP contribution in [0.4, 0.5) is 0 Å². The fourth-order valence-electron chi connectivity index (χ4n) is 0.683. The van der Waals surface area contributed by atoms with Crippen molar-refractivity contribution in [3.05, 3.63) is 30.3 Å². The third kappa shape index (κ3) is 1.80. The van der Waals surface area contributed by atoms with Gasteiger partial charge in [0, 0.05) is 0 Å². The molecule has 1 rings (SSSR count). The molecule has 1 aromatic carbocycles. The van der Waals surface area contributed by atoms with E-state index in [1.54, 1.807) is 0 Å². The van der Waals surface area contributed by atoms with Crippen molar-refractivity contribution < 1.29 is 4.65 Å². The predicted molar refractivity (Wildman–Crippen MR) is 40.1 cm³/mol. The van der Waals surface area contributed by atoms with Crippen LogP contribution in [-0.2, 0) is 0 Å². The Labute approximate surface area is 55.9 Å². The third-order valence-corrected chi connectivity index (χ3v) is 1.05. The Balaban J connectivity index is 2.61. The Hall–Kier alpha value is -0.915. The van der Waals surface area contributed by atoms with Crippen LogP contribution in [0.25, 0.3) is 0 Å². The molecular weight excluding hydrogens is 111 g/mol. The molecule has 0 saturated heterocycles. The molecule has 46 valence electrons. The van der Waals surface area contributed by atoms with E-state index in [0.29, 0.717) is 0 Å². The zero-order valence-corrected chi connectivity index (χ0v) is 5.50. The maximum Gasteiger partial charge on any atom is 0.336 e. The molecule has 0 unspecified atom stereocenters. The second-order valence-corrected chi connectivity index (χ2v) is 1.75. The van der Waals surface area contributed by atoms with Crippen LogP contribution < -0.4 is 4.65 Å². The van der Waals surface area contributed by atoms with Crippen molar-refractivity contribution in [2.75, 3.05) is 0 Å². The molecule has 0 aliphatic carbocycles. The first-order valence-electron chi connectivity index (χ1n) is 3.11. The van der Waals surface area contributed by atoms with Crippen LogP contribution in [0.1, 0.15) is 0 Å².